The van der Waals surface area contributed by atoms with Crippen LogP contribution in [-0.2, 0) is 0 Å². The maximum absolute atomic E-state index is 12.1. The van der Waals surface area contributed by atoms with E-state index in [0.717, 1.165) is 0 Å². The summed E-state index contributed by atoms with van der Waals surface area (Å²) in [5.41, 5.74) is -1.63. The van der Waals surface area contributed by atoms with Crippen LogP contribution < -0.4 is 5.43 Å². The Morgan fingerprint density at radius 3 is 2.57 bits per heavy atom. The lowest BCUT2D eigenvalue weighted by Crippen LogP contribution is -2.09. The van der Waals surface area contributed by atoms with Crippen LogP contribution in [0.25, 0.3) is 0 Å². The predicted molar refractivity (Wildman–Crippen MR) is 46.4 cm³/mol. The molecule has 14 heavy (non-hydrogen) atoms. The van der Waals surface area contributed by atoms with E-state index in [-0.39, 0.29) is 4.47 Å². The topological polar surface area (TPSA) is 76.0 Å². The molecular weight excluding hydrogens is 266 g/mol. The molecule has 1 aromatic rings. The van der Waals surface area contributed by atoms with Crippen molar-refractivity contribution in [3.05, 3.63) is 36.6 Å². The first-order valence-electron chi connectivity index (χ1n) is 3.28. The summed E-state index contributed by atoms with van der Waals surface area (Å²) in [4.78, 5) is 22.2. The number of nitro groups is 1. The third kappa shape index (κ3) is 1.95. The summed E-state index contributed by atoms with van der Waals surface area (Å²) in [7, 11) is 0. The van der Waals surface area contributed by atoms with Gasteiger partial charge in [0.15, 0.2) is 10.2 Å². The molecule has 0 unspecified atom stereocenters. The van der Waals surface area contributed by atoms with Crippen molar-refractivity contribution in [2.45, 2.75) is 6.43 Å². The molecule has 76 valence electrons. The first-order chi connectivity index (χ1) is 6.43. The predicted octanol–water partition coefficient (Wildman–Crippen LogP) is 1.98. The molecule has 0 saturated heterocycles. The van der Waals surface area contributed by atoms with Gasteiger partial charge in [0.1, 0.15) is 0 Å². The zero-order valence-electron chi connectivity index (χ0n) is 6.46. The van der Waals surface area contributed by atoms with Crippen molar-refractivity contribution >= 4 is 21.7 Å². The van der Waals surface area contributed by atoms with Gasteiger partial charge in [-0.25, -0.2) is 13.8 Å². The molecule has 1 rings (SSSR count). The van der Waals surface area contributed by atoms with Gasteiger partial charge in [-0.05, 0) is 20.9 Å². The number of rotatable bonds is 2. The zero-order valence-corrected chi connectivity index (χ0v) is 8.05. The number of hydrogen-bond acceptors (Lipinski definition) is 3. The van der Waals surface area contributed by atoms with Gasteiger partial charge >= 0.3 is 5.82 Å². The van der Waals surface area contributed by atoms with E-state index in [9.17, 15) is 23.7 Å². The normalized spacial score (nSPS) is 10.6. The first-order valence-corrected chi connectivity index (χ1v) is 4.08. The number of aromatic nitrogens is 1. The number of alkyl halides is 2. The molecule has 0 bridgehead atoms. The third-order valence-electron chi connectivity index (χ3n) is 1.39. The number of halogens is 3. The van der Waals surface area contributed by atoms with E-state index >= 15 is 0 Å². The van der Waals surface area contributed by atoms with Crippen LogP contribution in [0.2, 0.25) is 0 Å². The van der Waals surface area contributed by atoms with E-state index in [4.69, 9.17) is 0 Å². The molecule has 0 fully saturated rings. The van der Waals surface area contributed by atoms with Crippen molar-refractivity contribution in [3.63, 3.8) is 0 Å². The molecule has 0 saturated carbocycles. The summed E-state index contributed by atoms with van der Waals surface area (Å²) >= 11 is 2.63. The number of H-pyrrole nitrogens is 1. The van der Waals surface area contributed by atoms with E-state index in [0.29, 0.717) is 6.07 Å². The first kappa shape index (κ1) is 10.8. The third-order valence-corrected chi connectivity index (χ3v) is 2.16. The minimum absolute atomic E-state index is 0.369. The number of aromatic amines is 1. The van der Waals surface area contributed by atoms with Crippen molar-refractivity contribution in [3.8, 4) is 0 Å². The minimum atomic E-state index is -2.95. The number of nitrogens with one attached hydrogen (secondary N) is 1. The highest BCUT2D eigenvalue weighted by atomic mass is 79.9. The monoisotopic (exact) mass is 268 g/mol. The Kier molecular flexibility index (Phi) is 2.94. The fourth-order valence-electron chi connectivity index (χ4n) is 0.792. The molecule has 0 aliphatic heterocycles. The van der Waals surface area contributed by atoms with E-state index in [1.165, 1.54) is 0 Å². The molecule has 1 N–H and O–H groups in total. The van der Waals surface area contributed by atoms with E-state index in [1.807, 2.05) is 4.98 Å². The Bertz CT molecular complexity index is 432. The van der Waals surface area contributed by atoms with Crippen LogP contribution in [0, 0.1) is 10.1 Å². The lowest BCUT2D eigenvalue weighted by Gasteiger charge is -1.99. The average molecular weight is 269 g/mol. The van der Waals surface area contributed by atoms with Gasteiger partial charge < -0.3 is 10.1 Å². The highest BCUT2D eigenvalue weighted by Crippen LogP contribution is 2.22. The minimum Gasteiger partial charge on any atom is -0.358 e. The SMILES string of the molecule is O=c1cc(C(F)F)[nH]c([N+](=O)[O-])c1Br. The summed E-state index contributed by atoms with van der Waals surface area (Å²) in [5, 5.41) is 10.3. The Hall–Kier alpha value is -1.31. The fraction of sp³-hybridized carbons (Fsp3) is 0.167. The molecule has 1 aromatic heterocycles. The molecule has 8 heteroatoms. The molecule has 0 aromatic carbocycles. The van der Waals surface area contributed by atoms with Gasteiger partial charge in [-0.2, -0.15) is 0 Å². The highest BCUT2D eigenvalue weighted by molar-refractivity contribution is 9.10. The van der Waals surface area contributed by atoms with Crippen LogP contribution in [0.5, 0.6) is 0 Å². The molecular formula is C6H3BrF2N2O3. The number of hydrogen-bond donors (Lipinski definition) is 1. The Labute approximate surface area is 84.0 Å². The Balaban J connectivity index is 3.43. The smallest absolute Gasteiger partial charge is 0.339 e. The molecule has 0 atom stereocenters. The van der Waals surface area contributed by atoms with Gasteiger partial charge in [0.2, 0.25) is 5.43 Å². The van der Waals surface area contributed by atoms with Crippen molar-refractivity contribution < 1.29 is 13.7 Å². The van der Waals surface area contributed by atoms with Gasteiger partial charge in [-0.15, -0.1) is 0 Å². The molecule has 5 nitrogen and oxygen atoms in total. The van der Waals surface area contributed by atoms with Crippen LogP contribution in [0.3, 0.4) is 0 Å². The fourth-order valence-corrected chi connectivity index (χ4v) is 1.15. The molecule has 0 amide bonds. The standard InChI is InChI=1S/C6H3BrF2N2O3/c7-4-3(12)1-2(5(8)9)10-6(4)11(13)14/h1,5H,(H,10,12). The van der Waals surface area contributed by atoms with Gasteiger partial charge in [0.25, 0.3) is 6.43 Å². The van der Waals surface area contributed by atoms with Crippen molar-refractivity contribution in [2.24, 2.45) is 0 Å². The highest BCUT2D eigenvalue weighted by Gasteiger charge is 2.20. The van der Waals surface area contributed by atoms with Gasteiger partial charge in [-0.1, -0.05) is 0 Å². The number of nitrogens with zero attached hydrogens (tertiary/aromatic N) is 1. The maximum atomic E-state index is 12.1. The van der Waals surface area contributed by atoms with E-state index in [2.05, 4.69) is 15.9 Å². The molecule has 0 aliphatic rings. The lowest BCUT2D eigenvalue weighted by atomic mass is 10.3. The van der Waals surface area contributed by atoms with Crippen molar-refractivity contribution in [1.82, 2.24) is 4.98 Å². The molecule has 0 aliphatic carbocycles. The second-order valence-corrected chi connectivity index (χ2v) is 3.10. The summed E-state index contributed by atoms with van der Waals surface area (Å²) in [5.74, 6) is -0.771. The molecule has 0 spiro atoms. The lowest BCUT2D eigenvalue weighted by molar-refractivity contribution is -0.390. The summed E-state index contributed by atoms with van der Waals surface area (Å²) in [6, 6.07) is 0.613. The molecule has 1 heterocycles. The summed E-state index contributed by atoms with van der Waals surface area (Å²) in [6.07, 6.45) is -2.95. The Morgan fingerprint density at radius 1 is 1.57 bits per heavy atom. The van der Waals surface area contributed by atoms with Crippen LogP contribution in [0.15, 0.2) is 15.3 Å². The summed E-state index contributed by atoms with van der Waals surface area (Å²) in [6.45, 7) is 0. The van der Waals surface area contributed by atoms with Gasteiger partial charge in [0, 0.05) is 6.07 Å². The van der Waals surface area contributed by atoms with Gasteiger partial charge in [0.05, 0.1) is 0 Å². The number of pyridine rings is 1. The van der Waals surface area contributed by atoms with Crippen molar-refractivity contribution in [2.75, 3.05) is 0 Å². The van der Waals surface area contributed by atoms with Gasteiger partial charge in [-0.3, -0.25) is 4.79 Å². The largest absolute Gasteiger partial charge is 0.358 e. The van der Waals surface area contributed by atoms with Crippen LogP contribution >= 0.6 is 15.9 Å². The second-order valence-electron chi connectivity index (χ2n) is 2.31. The van der Waals surface area contributed by atoms with E-state index in [1.54, 1.807) is 0 Å². The quantitative estimate of drug-likeness (QED) is 0.658. The van der Waals surface area contributed by atoms with Crippen LogP contribution in [-0.4, -0.2) is 9.91 Å². The van der Waals surface area contributed by atoms with Crippen LogP contribution in [0.4, 0.5) is 14.6 Å². The average Bonchev–Trinajstić information content (AvgIpc) is 2.08. The summed E-state index contributed by atoms with van der Waals surface area (Å²) < 4.78 is 23.9. The maximum Gasteiger partial charge on any atom is 0.339 e. The molecule has 0 radical (unpaired) electrons. The zero-order chi connectivity index (χ0) is 10.9. The second kappa shape index (κ2) is 3.82. The van der Waals surface area contributed by atoms with Crippen LogP contribution in [0.1, 0.15) is 12.1 Å². The Morgan fingerprint density at radius 2 is 2.14 bits per heavy atom. The van der Waals surface area contributed by atoms with Crippen molar-refractivity contribution in [1.29, 1.82) is 0 Å². The van der Waals surface area contributed by atoms with E-state index < -0.39 is 28.3 Å².